The van der Waals surface area contributed by atoms with Gasteiger partial charge in [-0.2, -0.15) is 0 Å². The van der Waals surface area contributed by atoms with Crippen molar-refractivity contribution in [2.75, 3.05) is 19.6 Å². The number of hydrogen-bond acceptors (Lipinski definition) is 3. The number of hydrogen-bond donors (Lipinski definition) is 1. The first-order valence-electron chi connectivity index (χ1n) is 4.92. The smallest absolute Gasteiger partial charge is 0.0513 e. The van der Waals surface area contributed by atoms with Crippen LogP contribution >= 0.6 is 0 Å². The predicted molar refractivity (Wildman–Crippen MR) is 55.1 cm³/mol. The van der Waals surface area contributed by atoms with E-state index in [0.29, 0.717) is 6.04 Å². The van der Waals surface area contributed by atoms with Gasteiger partial charge in [0.05, 0.1) is 6.54 Å². The maximum absolute atomic E-state index is 4.22. The lowest BCUT2D eigenvalue weighted by Gasteiger charge is -2.22. The molecule has 0 spiro atoms. The molecular weight excluding hydrogens is 162 g/mol. The largest absolute Gasteiger partial charge is 0.385 e. The van der Waals surface area contributed by atoms with Crippen molar-refractivity contribution in [3.63, 3.8) is 0 Å². The Bertz CT molecular complexity index is 234. The number of rotatable bonds is 3. The molecule has 0 radical (unpaired) electrons. The molecule has 2 rings (SSSR count). The molecule has 13 heavy (non-hydrogen) atoms. The van der Waals surface area contributed by atoms with Crippen LogP contribution in [0.5, 0.6) is 0 Å². The molecule has 0 aromatic carbocycles. The van der Waals surface area contributed by atoms with Crippen molar-refractivity contribution >= 4 is 6.21 Å². The van der Waals surface area contributed by atoms with Crippen molar-refractivity contribution < 1.29 is 0 Å². The highest BCUT2D eigenvalue weighted by Gasteiger charge is 2.41. The van der Waals surface area contributed by atoms with Crippen LogP contribution in [0.15, 0.2) is 17.3 Å². The zero-order valence-corrected chi connectivity index (χ0v) is 8.16. The van der Waals surface area contributed by atoms with Crippen LogP contribution in [0.4, 0.5) is 0 Å². The lowest BCUT2D eigenvalue weighted by Crippen LogP contribution is -2.37. The van der Waals surface area contributed by atoms with E-state index in [-0.39, 0.29) is 0 Å². The molecule has 0 bridgehead atoms. The second kappa shape index (κ2) is 3.50. The van der Waals surface area contributed by atoms with Crippen LogP contribution in [0.25, 0.3) is 0 Å². The van der Waals surface area contributed by atoms with Crippen LogP contribution in [0.2, 0.25) is 0 Å². The number of allylic oxidation sites excluding steroid dienone is 1. The molecule has 3 nitrogen and oxygen atoms in total. The average molecular weight is 179 g/mol. The molecule has 0 saturated heterocycles. The maximum Gasteiger partial charge on any atom is 0.0513 e. The van der Waals surface area contributed by atoms with E-state index >= 15 is 0 Å². The molecule has 2 atom stereocenters. The Morgan fingerprint density at radius 1 is 1.69 bits per heavy atom. The number of nitrogens with zero attached hydrogens (tertiary/aromatic N) is 2. The summed E-state index contributed by atoms with van der Waals surface area (Å²) in [6.07, 6.45) is 3.29. The molecule has 3 heteroatoms. The van der Waals surface area contributed by atoms with Gasteiger partial charge in [-0.05, 0) is 13.3 Å². The quantitative estimate of drug-likeness (QED) is 0.688. The molecule has 0 aromatic rings. The fraction of sp³-hybridized carbons (Fsp3) is 0.700. The first-order valence-corrected chi connectivity index (χ1v) is 4.92. The highest BCUT2D eigenvalue weighted by Crippen LogP contribution is 2.28. The molecule has 72 valence electrons. The number of aliphatic imine (C=N–C) groups is 1. The van der Waals surface area contributed by atoms with Crippen LogP contribution in [0, 0.1) is 0 Å². The van der Waals surface area contributed by atoms with Gasteiger partial charge in [0.15, 0.2) is 0 Å². The second-order valence-electron chi connectivity index (χ2n) is 3.92. The molecular formula is C10H17N3. The van der Waals surface area contributed by atoms with Gasteiger partial charge in [-0.3, -0.25) is 9.89 Å². The molecule has 2 aliphatic rings. The maximum atomic E-state index is 4.22. The van der Waals surface area contributed by atoms with Gasteiger partial charge in [0.25, 0.3) is 0 Å². The molecule has 2 unspecified atom stereocenters. The van der Waals surface area contributed by atoms with E-state index in [1.807, 2.05) is 13.1 Å². The third-order valence-corrected chi connectivity index (χ3v) is 2.62. The van der Waals surface area contributed by atoms with Gasteiger partial charge in [0.1, 0.15) is 0 Å². The normalized spacial score (nSPS) is 33.0. The Kier molecular flexibility index (Phi) is 2.36. The fourth-order valence-corrected chi connectivity index (χ4v) is 1.89. The van der Waals surface area contributed by atoms with E-state index in [1.165, 1.54) is 6.42 Å². The molecule has 1 fully saturated rings. The highest BCUT2D eigenvalue weighted by atomic mass is 15.3. The van der Waals surface area contributed by atoms with E-state index in [2.05, 4.69) is 21.8 Å². The zero-order valence-electron chi connectivity index (χ0n) is 8.16. The molecule has 1 saturated carbocycles. The van der Waals surface area contributed by atoms with Crippen molar-refractivity contribution in [3.8, 4) is 0 Å². The third kappa shape index (κ3) is 2.10. The first kappa shape index (κ1) is 8.75. The Labute approximate surface area is 79.5 Å². The molecule has 1 N–H and O–H groups in total. The highest BCUT2D eigenvalue weighted by molar-refractivity contribution is 5.60. The van der Waals surface area contributed by atoms with Crippen LogP contribution < -0.4 is 5.32 Å². The van der Waals surface area contributed by atoms with Crippen molar-refractivity contribution in [3.05, 3.63) is 12.3 Å². The predicted octanol–water partition coefficient (Wildman–Crippen LogP) is 0.637. The monoisotopic (exact) mass is 179 g/mol. The summed E-state index contributed by atoms with van der Waals surface area (Å²) in [4.78, 5) is 6.71. The Morgan fingerprint density at radius 2 is 2.54 bits per heavy atom. The Balaban J connectivity index is 1.78. The molecule has 0 aromatic heterocycles. The van der Waals surface area contributed by atoms with Crippen LogP contribution in [-0.4, -0.2) is 42.8 Å². The van der Waals surface area contributed by atoms with E-state index in [9.17, 15) is 0 Å². The lowest BCUT2D eigenvalue weighted by atomic mass is 10.4. The van der Waals surface area contributed by atoms with Crippen molar-refractivity contribution in [2.24, 2.45) is 4.99 Å². The van der Waals surface area contributed by atoms with E-state index in [4.69, 9.17) is 0 Å². The van der Waals surface area contributed by atoms with Gasteiger partial charge in [-0.15, -0.1) is 0 Å². The third-order valence-electron chi connectivity index (χ3n) is 2.62. The van der Waals surface area contributed by atoms with E-state index in [0.717, 1.165) is 31.4 Å². The summed E-state index contributed by atoms with van der Waals surface area (Å²) in [5.41, 5.74) is 1.08. The van der Waals surface area contributed by atoms with Crippen LogP contribution in [0.1, 0.15) is 13.3 Å². The minimum atomic E-state index is 0.643. The summed E-state index contributed by atoms with van der Waals surface area (Å²) < 4.78 is 0. The topological polar surface area (TPSA) is 27.6 Å². The van der Waals surface area contributed by atoms with Crippen molar-refractivity contribution in [1.29, 1.82) is 0 Å². The lowest BCUT2D eigenvalue weighted by molar-refractivity contribution is 0.294. The summed E-state index contributed by atoms with van der Waals surface area (Å²) in [6.45, 7) is 9.00. The van der Waals surface area contributed by atoms with E-state index < -0.39 is 0 Å². The minimum Gasteiger partial charge on any atom is -0.385 e. The van der Waals surface area contributed by atoms with Crippen molar-refractivity contribution in [1.82, 2.24) is 10.2 Å². The summed E-state index contributed by atoms with van der Waals surface area (Å²) in [6, 6.07) is 1.37. The first-order chi connectivity index (χ1) is 6.27. The van der Waals surface area contributed by atoms with Gasteiger partial charge in [-0.25, -0.2) is 0 Å². The van der Waals surface area contributed by atoms with Crippen LogP contribution in [-0.2, 0) is 0 Å². The number of nitrogens with one attached hydrogen (secondary N) is 1. The van der Waals surface area contributed by atoms with E-state index in [1.54, 1.807) is 0 Å². The fourth-order valence-electron chi connectivity index (χ4n) is 1.89. The van der Waals surface area contributed by atoms with Gasteiger partial charge < -0.3 is 5.32 Å². The summed E-state index contributed by atoms with van der Waals surface area (Å²) >= 11 is 0. The van der Waals surface area contributed by atoms with Gasteiger partial charge in [-0.1, -0.05) is 6.58 Å². The Morgan fingerprint density at radius 3 is 3.15 bits per heavy atom. The summed E-state index contributed by atoms with van der Waals surface area (Å²) in [5.74, 6) is 0. The van der Waals surface area contributed by atoms with Crippen LogP contribution in [0.3, 0.4) is 0 Å². The molecule has 1 aliphatic heterocycles. The van der Waals surface area contributed by atoms with Gasteiger partial charge in [0, 0.05) is 37.1 Å². The van der Waals surface area contributed by atoms with Gasteiger partial charge >= 0.3 is 0 Å². The van der Waals surface area contributed by atoms with Gasteiger partial charge in [0.2, 0.25) is 0 Å². The SMILES string of the molecule is C=C(C)NC1CC1N1CC=NCC1. The minimum absolute atomic E-state index is 0.643. The average Bonchev–Trinajstić information content (AvgIpc) is 2.84. The molecule has 1 heterocycles. The zero-order chi connectivity index (χ0) is 9.26. The Hall–Kier alpha value is -0.830. The summed E-state index contributed by atoms with van der Waals surface area (Å²) in [7, 11) is 0. The standard InChI is InChI=1S/C10H17N3/c1-8(2)12-9-7-10(9)13-5-3-11-4-6-13/h3,9-10,12H,1,4-7H2,2H3. The van der Waals surface area contributed by atoms with Crippen molar-refractivity contribution in [2.45, 2.75) is 25.4 Å². The second-order valence-corrected chi connectivity index (χ2v) is 3.92. The molecule has 1 aliphatic carbocycles. The molecule has 0 amide bonds. The summed E-state index contributed by atoms with van der Waals surface area (Å²) in [5, 5.41) is 3.38.